The number of nitrogen functional groups attached to an aromatic ring is 1. The summed E-state index contributed by atoms with van der Waals surface area (Å²) in [6.45, 7) is 6.54. The summed E-state index contributed by atoms with van der Waals surface area (Å²) in [4.78, 5) is 0. The zero-order valence-corrected chi connectivity index (χ0v) is 9.82. The van der Waals surface area contributed by atoms with E-state index in [2.05, 4.69) is 38.1 Å². The first-order chi connectivity index (χ1) is 7.47. The van der Waals surface area contributed by atoms with Gasteiger partial charge in [-0.15, -0.1) is 0 Å². The van der Waals surface area contributed by atoms with Gasteiger partial charge in [-0.05, 0) is 17.0 Å². The second-order valence-corrected chi connectivity index (χ2v) is 4.95. The maximum atomic E-state index is 5.53. The number of hydrogen-bond acceptors (Lipinski definition) is 3. The SMILES string of the molecule is CC(C)(C)c1cccc(-c2cc(N)no2)c1. The van der Waals surface area contributed by atoms with Gasteiger partial charge < -0.3 is 10.3 Å². The first kappa shape index (κ1) is 10.7. The van der Waals surface area contributed by atoms with E-state index in [1.165, 1.54) is 5.56 Å². The Morgan fingerprint density at radius 3 is 2.50 bits per heavy atom. The van der Waals surface area contributed by atoms with Gasteiger partial charge >= 0.3 is 0 Å². The van der Waals surface area contributed by atoms with Gasteiger partial charge in [-0.25, -0.2) is 0 Å². The molecule has 0 bridgehead atoms. The molecule has 0 fully saturated rings. The van der Waals surface area contributed by atoms with Crippen molar-refractivity contribution in [1.82, 2.24) is 5.16 Å². The van der Waals surface area contributed by atoms with Crippen LogP contribution >= 0.6 is 0 Å². The molecule has 2 aromatic rings. The van der Waals surface area contributed by atoms with Crippen molar-refractivity contribution in [3.05, 3.63) is 35.9 Å². The second kappa shape index (κ2) is 3.67. The molecule has 84 valence electrons. The molecular formula is C13H16N2O. The van der Waals surface area contributed by atoms with Crippen LogP contribution in [0.4, 0.5) is 5.82 Å². The van der Waals surface area contributed by atoms with E-state index in [9.17, 15) is 0 Å². The van der Waals surface area contributed by atoms with Crippen LogP contribution in [0.15, 0.2) is 34.9 Å². The summed E-state index contributed by atoms with van der Waals surface area (Å²) in [5.41, 5.74) is 7.94. The van der Waals surface area contributed by atoms with Crippen LogP contribution in [0.3, 0.4) is 0 Å². The zero-order valence-electron chi connectivity index (χ0n) is 9.82. The van der Waals surface area contributed by atoms with E-state index in [0.29, 0.717) is 11.6 Å². The lowest BCUT2D eigenvalue weighted by Crippen LogP contribution is -2.10. The minimum Gasteiger partial charge on any atom is -0.381 e. The predicted octanol–water partition coefficient (Wildman–Crippen LogP) is 3.22. The third-order valence-electron chi connectivity index (χ3n) is 2.54. The Balaban J connectivity index is 2.44. The van der Waals surface area contributed by atoms with Crippen molar-refractivity contribution in [1.29, 1.82) is 0 Å². The van der Waals surface area contributed by atoms with Crippen molar-refractivity contribution < 1.29 is 4.52 Å². The number of nitrogens with two attached hydrogens (primary N) is 1. The summed E-state index contributed by atoms with van der Waals surface area (Å²) < 4.78 is 5.14. The Hall–Kier alpha value is -1.77. The normalized spacial score (nSPS) is 11.7. The summed E-state index contributed by atoms with van der Waals surface area (Å²) >= 11 is 0. The molecule has 0 saturated carbocycles. The van der Waals surface area contributed by atoms with E-state index in [0.717, 1.165) is 5.56 Å². The van der Waals surface area contributed by atoms with Gasteiger partial charge in [0.15, 0.2) is 11.6 Å². The van der Waals surface area contributed by atoms with Crippen molar-refractivity contribution in [3.63, 3.8) is 0 Å². The molecule has 0 amide bonds. The summed E-state index contributed by atoms with van der Waals surface area (Å²) in [6, 6.07) is 9.98. The zero-order chi connectivity index (χ0) is 11.8. The summed E-state index contributed by atoms with van der Waals surface area (Å²) in [5, 5.41) is 3.69. The predicted molar refractivity (Wildman–Crippen MR) is 65.1 cm³/mol. The second-order valence-electron chi connectivity index (χ2n) is 4.95. The van der Waals surface area contributed by atoms with Gasteiger partial charge in [0.05, 0.1) is 0 Å². The molecular weight excluding hydrogens is 200 g/mol. The van der Waals surface area contributed by atoms with Crippen LogP contribution in [0.25, 0.3) is 11.3 Å². The topological polar surface area (TPSA) is 52.0 Å². The van der Waals surface area contributed by atoms with E-state index in [1.807, 2.05) is 12.1 Å². The molecule has 0 saturated heterocycles. The van der Waals surface area contributed by atoms with Crippen molar-refractivity contribution in [3.8, 4) is 11.3 Å². The summed E-state index contributed by atoms with van der Waals surface area (Å²) in [6.07, 6.45) is 0. The van der Waals surface area contributed by atoms with Gasteiger partial charge in [0.25, 0.3) is 0 Å². The highest BCUT2D eigenvalue weighted by Gasteiger charge is 2.15. The van der Waals surface area contributed by atoms with Gasteiger partial charge in [-0.3, -0.25) is 0 Å². The van der Waals surface area contributed by atoms with Crippen LogP contribution < -0.4 is 5.73 Å². The first-order valence-electron chi connectivity index (χ1n) is 5.30. The van der Waals surface area contributed by atoms with E-state index in [-0.39, 0.29) is 5.41 Å². The lowest BCUT2D eigenvalue weighted by atomic mass is 9.86. The van der Waals surface area contributed by atoms with E-state index in [1.54, 1.807) is 6.07 Å². The molecule has 1 aromatic heterocycles. The number of benzene rings is 1. The summed E-state index contributed by atoms with van der Waals surface area (Å²) in [5.74, 6) is 1.12. The summed E-state index contributed by atoms with van der Waals surface area (Å²) in [7, 11) is 0. The first-order valence-corrected chi connectivity index (χ1v) is 5.30. The highest BCUT2D eigenvalue weighted by Crippen LogP contribution is 2.28. The fourth-order valence-electron chi connectivity index (χ4n) is 1.56. The average Bonchev–Trinajstić information content (AvgIpc) is 2.64. The molecule has 0 aliphatic heterocycles. The smallest absolute Gasteiger partial charge is 0.169 e. The molecule has 0 aliphatic rings. The van der Waals surface area contributed by atoms with Gasteiger partial charge in [-0.1, -0.05) is 44.1 Å². The molecule has 16 heavy (non-hydrogen) atoms. The number of nitrogens with zero attached hydrogens (tertiary/aromatic N) is 1. The molecule has 0 atom stereocenters. The minimum atomic E-state index is 0.127. The van der Waals surface area contributed by atoms with Gasteiger partial charge in [0.1, 0.15) is 0 Å². The van der Waals surface area contributed by atoms with Crippen LogP contribution in [0.5, 0.6) is 0 Å². The molecule has 3 heteroatoms. The van der Waals surface area contributed by atoms with Crippen LogP contribution in [0.2, 0.25) is 0 Å². The third-order valence-corrected chi connectivity index (χ3v) is 2.54. The Labute approximate surface area is 95.3 Å². The molecule has 0 spiro atoms. The average molecular weight is 216 g/mol. The van der Waals surface area contributed by atoms with Crippen LogP contribution in [0, 0.1) is 0 Å². The minimum absolute atomic E-state index is 0.127. The van der Waals surface area contributed by atoms with Gasteiger partial charge in [0.2, 0.25) is 0 Å². The molecule has 0 unspecified atom stereocenters. The van der Waals surface area contributed by atoms with E-state index >= 15 is 0 Å². The van der Waals surface area contributed by atoms with Crippen LogP contribution in [0.1, 0.15) is 26.3 Å². The van der Waals surface area contributed by atoms with E-state index < -0.39 is 0 Å². The van der Waals surface area contributed by atoms with Gasteiger partial charge in [-0.2, -0.15) is 0 Å². The molecule has 2 N–H and O–H groups in total. The monoisotopic (exact) mass is 216 g/mol. The number of hydrogen-bond donors (Lipinski definition) is 1. The highest BCUT2D eigenvalue weighted by atomic mass is 16.5. The van der Waals surface area contributed by atoms with Crippen LogP contribution in [-0.4, -0.2) is 5.16 Å². The van der Waals surface area contributed by atoms with Crippen molar-refractivity contribution >= 4 is 5.82 Å². The molecule has 3 nitrogen and oxygen atoms in total. The number of rotatable bonds is 1. The third kappa shape index (κ3) is 2.08. The molecule has 1 heterocycles. The molecule has 2 rings (SSSR count). The Morgan fingerprint density at radius 2 is 1.94 bits per heavy atom. The Bertz CT molecular complexity index is 495. The maximum Gasteiger partial charge on any atom is 0.169 e. The number of anilines is 1. The molecule has 0 radical (unpaired) electrons. The Kier molecular flexibility index (Phi) is 2.46. The van der Waals surface area contributed by atoms with Crippen molar-refractivity contribution in [2.75, 3.05) is 5.73 Å². The van der Waals surface area contributed by atoms with E-state index in [4.69, 9.17) is 10.3 Å². The number of aromatic nitrogens is 1. The fourth-order valence-corrected chi connectivity index (χ4v) is 1.56. The Morgan fingerprint density at radius 1 is 1.19 bits per heavy atom. The van der Waals surface area contributed by atoms with Crippen molar-refractivity contribution in [2.45, 2.75) is 26.2 Å². The quantitative estimate of drug-likeness (QED) is 0.796. The lowest BCUT2D eigenvalue weighted by molar-refractivity contribution is 0.435. The molecule has 0 aliphatic carbocycles. The van der Waals surface area contributed by atoms with Gasteiger partial charge in [0, 0.05) is 11.6 Å². The van der Waals surface area contributed by atoms with Crippen LogP contribution in [-0.2, 0) is 5.41 Å². The largest absolute Gasteiger partial charge is 0.381 e. The van der Waals surface area contributed by atoms with Crippen molar-refractivity contribution in [2.24, 2.45) is 0 Å². The highest BCUT2D eigenvalue weighted by molar-refractivity contribution is 5.61. The fraction of sp³-hybridized carbons (Fsp3) is 0.308. The maximum absolute atomic E-state index is 5.53. The molecule has 1 aromatic carbocycles. The standard InChI is InChI=1S/C13H16N2O/c1-13(2,3)10-6-4-5-9(7-10)11-8-12(14)15-16-11/h4-8H,1-3H3,(H2,14,15). The lowest BCUT2D eigenvalue weighted by Gasteiger charge is -2.19.